The van der Waals surface area contributed by atoms with E-state index < -0.39 is 21.1 Å². The Labute approximate surface area is 136 Å². The SMILES string of the molecule is CC(C)S(=O)(=O)NCC1CCCN(C(=O)c2ccccc2F)C1. The van der Waals surface area contributed by atoms with Crippen LogP contribution < -0.4 is 4.72 Å². The van der Waals surface area contributed by atoms with Gasteiger partial charge in [-0.3, -0.25) is 4.79 Å². The molecule has 23 heavy (non-hydrogen) atoms. The minimum absolute atomic E-state index is 0.0491. The van der Waals surface area contributed by atoms with E-state index in [-0.39, 0.29) is 17.4 Å². The number of halogens is 1. The molecule has 1 aliphatic heterocycles. The van der Waals surface area contributed by atoms with Gasteiger partial charge in [0.1, 0.15) is 5.82 Å². The second-order valence-corrected chi connectivity index (χ2v) is 8.50. The highest BCUT2D eigenvalue weighted by Gasteiger charge is 2.27. The normalized spacial score (nSPS) is 19.1. The lowest BCUT2D eigenvalue weighted by molar-refractivity contribution is 0.0671. The van der Waals surface area contributed by atoms with Crippen LogP contribution in [0.5, 0.6) is 0 Å². The zero-order chi connectivity index (χ0) is 17.0. The fraction of sp³-hybridized carbons (Fsp3) is 0.562. The first-order chi connectivity index (χ1) is 10.8. The first kappa shape index (κ1) is 17.9. The Bertz CT molecular complexity index is 661. The third-order valence-corrected chi connectivity index (χ3v) is 5.91. The van der Waals surface area contributed by atoms with Crippen LogP contribution in [-0.4, -0.2) is 44.1 Å². The molecule has 0 spiro atoms. The maximum atomic E-state index is 13.7. The molecule has 0 bridgehead atoms. The van der Waals surface area contributed by atoms with Gasteiger partial charge in [-0.1, -0.05) is 12.1 Å². The molecule has 0 radical (unpaired) electrons. The molecule has 1 saturated heterocycles. The molecule has 1 aromatic carbocycles. The van der Waals surface area contributed by atoms with Crippen LogP contribution in [0.1, 0.15) is 37.0 Å². The molecule has 128 valence electrons. The Kier molecular flexibility index (Phi) is 5.75. The third kappa shape index (κ3) is 4.51. The van der Waals surface area contributed by atoms with Crippen molar-refractivity contribution in [3.05, 3.63) is 35.6 Å². The summed E-state index contributed by atoms with van der Waals surface area (Å²) in [7, 11) is -3.31. The van der Waals surface area contributed by atoms with E-state index in [4.69, 9.17) is 0 Å². The topological polar surface area (TPSA) is 66.5 Å². The fourth-order valence-corrected chi connectivity index (χ4v) is 3.42. The molecule has 1 fully saturated rings. The molecular formula is C16H23FN2O3S. The van der Waals surface area contributed by atoms with Crippen LogP contribution >= 0.6 is 0 Å². The summed E-state index contributed by atoms with van der Waals surface area (Å²) in [5.41, 5.74) is 0.0657. The number of rotatable bonds is 5. The lowest BCUT2D eigenvalue weighted by Gasteiger charge is -2.33. The van der Waals surface area contributed by atoms with Gasteiger partial charge in [-0.25, -0.2) is 17.5 Å². The summed E-state index contributed by atoms with van der Waals surface area (Å²) < 4.78 is 40.0. The summed E-state index contributed by atoms with van der Waals surface area (Å²) in [5.74, 6) is -0.812. The van der Waals surface area contributed by atoms with Crippen LogP contribution in [0, 0.1) is 11.7 Å². The highest BCUT2D eigenvalue weighted by molar-refractivity contribution is 7.90. The number of amides is 1. The molecule has 1 atom stereocenters. The van der Waals surface area contributed by atoms with Crippen LogP contribution in [0.4, 0.5) is 4.39 Å². The van der Waals surface area contributed by atoms with Crippen molar-refractivity contribution in [1.82, 2.24) is 9.62 Å². The average Bonchev–Trinajstić information content (AvgIpc) is 2.53. The predicted molar refractivity (Wildman–Crippen MR) is 87.1 cm³/mol. The van der Waals surface area contributed by atoms with Gasteiger partial charge in [0.2, 0.25) is 10.0 Å². The lowest BCUT2D eigenvalue weighted by Crippen LogP contribution is -2.44. The quantitative estimate of drug-likeness (QED) is 0.890. The average molecular weight is 342 g/mol. The van der Waals surface area contributed by atoms with Gasteiger partial charge in [0.25, 0.3) is 5.91 Å². The zero-order valence-electron chi connectivity index (χ0n) is 13.5. The smallest absolute Gasteiger partial charge is 0.256 e. The molecule has 1 N–H and O–H groups in total. The number of carbonyl (C=O) groups is 1. The standard InChI is InChI=1S/C16H23FN2O3S/c1-12(2)23(21,22)18-10-13-6-5-9-19(11-13)16(20)14-7-3-4-8-15(14)17/h3-4,7-8,12-13,18H,5-6,9-11H2,1-2H3. The van der Waals surface area contributed by atoms with Crippen LogP contribution in [-0.2, 0) is 10.0 Å². The second kappa shape index (κ2) is 7.40. The minimum Gasteiger partial charge on any atom is -0.338 e. The number of carbonyl (C=O) groups excluding carboxylic acids is 1. The molecule has 7 heteroatoms. The van der Waals surface area contributed by atoms with Crippen LogP contribution in [0.15, 0.2) is 24.3 Å². The van der Waals surface area contributed by atoms with Crippen LogP contribution in [0.2, 0.25) is 0 Å². The number of hydrogen-bond acceptors (Lipinski definition) is 3. The molecule has 1 amide bonds. The Morgan fingerprint density at radius 2 is 2.09 bits per heavy atom. The van der Waals surface area contributed by atoms with Crippen molar-refractivity contribution >= 4 is 15.9 Å². The number of nitrogens with zero attached hydrogens (tertiary/aromatic N) is 1. The molecular weight excluding hydrogens is 319 g/mol. The van der Waals surface area contributed by atoms with E-state index in [9.17, 15) is 17.6 Å². The van der Waals surface area contributed by atoms with Crippen LogP contribution in [0.25, 0.3) is 0 Å². The van der Waals surface area contributed by atoms with Gasteiger partial charge in [-0.2, -0.15) is 0 Å². The van der Waals surface area contributed by atoms with Crippen molar-refractivity contribution in [3.8, 4) is 0 Å². The number of sulfonamides is 1. The molecule has 1 heterocycles. The number of piperidine rings is 1. The first-order valence-corrected chi connectivity index (χ1v) is 9.38. The summed E-state index contributed by atoms with van der Waals surface area (Å²) in [6.07, 6.45) is 1.63. The predicted octanol–water partition coefficient (Wildman–Crippen LogP) is 2.01. The van der Waals surface area contributed by atoms with Crippen molar-refractivity contribution < 1.29 is 17.6 Å². The van der Waals surface area contributed by atoms with E-state index in [0.29, 0.717) is 19.6 Å². The largest absolute Gasteiger partial charge is 0.338 e. The molecule has 2 rings (SSSR count). The van der Waals surface area contributed by atoms with Crippen molar-refractivity contribution in [2.45, 2.75) is 31.9 Å². The Hall–Kier alpha value is -1.47. The van der Waals surface area contributed by atoms with Gasteiger partial charge in [-0.15, -0.1) is 0 Å². The van der Waals surface area contributed by atoms with Gasteiger partial charge >= 0.3 is 0 Å². The van der Waals surface area contributed by atoms with E-state index in [1.807, 2.05) is 0 Å². The molecule has 0 aliphatic carbocycles. The molecule has 0 aromatic heterocycles. The number of benzene rings is 1. The van der Waals surface area contributed by atoms with E-state index in [0.717, 1.165) is 12.8 Å². The van der Waals surface area contributed by atoms with Gasteiger partial charge < -0.3 is 4.90 Å². The van der Waals surface area contributed by atoms with Crippen molar-refractivity contribution in [2.75, 3.05) is 19.6 Å². The maximum absolute atomic E-state index is 13.7. The maximum Gasteiger partial charge on any atom is 0.256 e. The van der Waals surface area contributed by atoms with Crippen molar-refractivity contribution in [2.24, 2.45) is 5.92 Å². The van der Waals surface area contributed by atoms with E-state index in [1.165, 1.54) is 12.1 Å². The van der Waals surface area contributed by atoms with Gasteiger partial charge in [0.15, 0.2) is 0 Å². The van der Waals surface area contributed by atoms with Crippen molar-refractivity contribution in [1.29, 1.82) is 0 Å². The highest BCUT2D eigenvalue weighted by Crippen LogP contribution is 2.19. The third-order valence-electron chi connectivity index (χ3n) is 4.10. The second-order valence-electron chi connectivity index (χ2n) is 6.18. The monoisotopic (exact) mass is 342 g/mol. The number of likely N-dealkylation sites (tertiary alicyclic amines) is 1. The van der Waals surface area contributed by atoms with Gasteiger partial charge in [0, 0.05) is 19.6 Å². The molecule has 1 aliphatic rings. The number of nitrogens with one attached hydrogen (secondary N) is 1. The van der Waals surface area contributed by atoms with Gasteiger partial charge in [-0.05, 0) is 44.7 Å². The Morgan fingerprint density at radius 3 is 2.74 bits per heavy atom. The molecule has 1 unspecified atom stereocenters. The van der Waals surface area contributed by atoms with E-state index in [1.54, 1.807) is 30.9 Å². The highest BCUT2D eigenvalue weighted by atomic mass is 32.2. The van der Waals surface area contributed by atoms with E-state index >= 15 is 0 Å². The fourth-order valence-electron chi connectivity index (χ4n) is 2.62. The Morgan fingerprint density at radius 1 is 1.39 bits per heavy atom. The van der Waals surface area contributed by atoms with Crippen molar-refractivity contribution in [3.63, 3.8) is 0 Å². The van der Waals surface area contributed by atoms with Gasteiger partial charge in [0.05, 0.1) is 10.8 Å². The summed E-state index contributed by atoms with van der Waals surface area (Å²) in [5, 5.41) is -0.484. The summed E-state index contributed by atoms with van der Waals surface area (Å²) in [6.45, 7) is 4.56. The zero-order valence-corrected chi connectivity index (χ0v) is 14.3. The summed E-state index contributed by atoms with van der Waals surface area (Å²) >= 11 is 0. The Balaban J connectivity index is 1.98. The first-order valence-electron chi connectivity index (χ1n) is 7.83. The molecule has 0 saturated carbocycles. The number of hydrogen-bond donors (Lipinski definition) is 1. The summed E-state index contributed by atoms with van der Waals surface area (Å²) in [6, 6.07) is 5.93. The minimum atomic E-state index is -3.31. The molecule has 1 aromatic rings. The molecule has 5 nitrogen and oxygen atoms in total. The lowest BCUT2D eigenvalue weighted by atomic mass is 9.97. The van der Waals surface area contributed by atoms with Crippen LogP contribution in [0.3, 0.4) is 0 Å². The summed E-state index contributed by atoms with van der Waals surface area (Å²) in [4.78, 5) is 14.0. The van der Waals surface area contributed by atoms with E-state index in [2.05, 4.69) is 4.72 Å².